The molecule has 1 atom stereocenters. The predicted octanol–water partition coefficient (Wildman–Crippen LogP) is 5.86. The molecule has 1 aromatic heterocycles. The van der Waals surface area contributed by atoms with Crippen LogP contribution in [0.1, 0.15) is 38.9 Å². The molecule has 0 aliphatic carbocycles. The van der Waals surface area contributed by atoms with Gasteiger partial charge in [0.25, 0.3) is 5.91 Å². The Morgan fingerprint density at radius 2 is 1.78 bits per heavy atom. The highest BCUT2D eigenvalue weighted by atomic mass is 35.5. The lowest BCUT2D eigenvalue weighted by Gasteiger charge is -2.25. The molecule has 160 valence electrons. The van der Waals surface area contributed by atoms with E-state index in [2.05, 4.69) is 0 Å². The van der Waals surface area contributed by atoms with Crippen LogP contribution in [0.3, 0.4) is 0 Å². The molecule has 32 heavy (non-hydrogen) atoms. The fraction of sp³-hybridized carbons (Fsp3) is 0.120. The van der Waals surface area contributed by atoms with Crippen LogP contribution < -0.4 is 5.43 Å². The molecule has 1 aliphatic rings. The number of carbonyl (C=O) groups excluding carboxylic acids is 1. The van der Waals surface area contributed by atoms with Gasteiger partial charge in [0.1, 0.15) is 11.3 Å². The number of benzene rings is 3. The van der Waals surface area contributed by atoms with Crippen LogP contribution in [-0.4, -0.2) is 15.9 Å². The van der Waals surface area contributed by atoms with Crippen molar-refractivity contribution >= 4 is 40.1 Å². The van der Waals surface area contributed by atoms with E-state index in [9.17, 15) is 14.7 Å². The highest BCUT2D eigenvalue weighted by molar-refractivity contribution is 6.32. The highest BCUT2D eigenvalue weighted by Gasteiger charge is 2.43. The summed E-state index contributed by atoms with van der Waals surface area (Å²) in [6, 6.07) is 16.2. The van der Waals surface area contributed by atoms with Crippen LogP contribution in [0.5, 0.6) is 5.75 Å². The standard InChI is InChI=1S/C25H17Cl2NO4/c1-13-9-20-17(11-19(13)27)23(30)21-22(14-6-4-7-16(29)10-14)28(25(31)24(21)32-20)12-15-5-2-3-8-18(15)26/h2-11,22,29H,12H2,1H3/t22-/m1/s1. The smallest absolute Gasteiger partial charge is 0.291 e. The second-order valence-corrected chi connectivity index (χ2v) is 8.61. The first kappa shape index (κ1) is 20.6. The second kappa shape index (κ2) is 7.69. The third kappa shape index (κ3) is 3.25. The van der Waals surface area contributed by atoms with Crippen LogP contribution in [0.2, 0.25) is 10.0 Å². The number of phenolic OH excluding ortho intramolecular Hbond substituents is 1. The Morgan fingerprint density at radius 3 is 2.53 bits per heavy atom. The van der Waals surface area contributed by atoms with E-state index < -0.39 is 11.9 Å². The van der Waals surface area contributed by atoms with Crippen LogP contribution in [0.4, 0.5) is 0 Å². The monoisotopic (exact) mass is 465 g/mol. The Kier molecular flexibility index (Phi) is 4.96. The number of phenols is 1. The Hall–Kier alpha value is -3.28. The first-order valence-corrected chi connectivity index (χ1v) is 10.7. The quantitative estimate of drug-likeness (QED) is 0.411. The van der Waals surface area contributed by atoms with Gasteiger partial charge in [-0.15, -0.1) is 0 Å². The Balaban J connectivity index is 1.76. The first-order chi connectivity index (χ1) is 15.3. The predicted molar refractivity (Wildman–Crippen MR) is 124 cm³/mol. The summed E-state index contributed by atoms with van der Waals surface area (Å²) >= 11 is 12.6. The molecule has 0 radical (unpaired) electrons. The van der Waals surface area contributed by atoms with Crippen molar-refractivity contribution in [3.05, 3.63) is 109 Å². The van der Waals surface area contributed by atoms with Crippen molar-refractivity contribution in [2.75, 3.05) is 0 Å². The number of nitrogens with zero attached hydrogens (tertiary/aromatic N) is 1. The Labute approximate surface area is 193 Å². The van der Waals surface area contributed by atoms with E-state index in [1.54, 1.807) is 48.2 Å². The summed E-state index contributed by atoms with van der Waals surface area (Å²) in [6.07, 6.45) is 0. The number of aromatic hydroxyl groups is 1. The molecule has 0 bridgehead atoms. The summed E-state index contributed by atoms with van der Waals surface area (Å²) in [6.45, 7) is 1.97. The first-order valence-electron chi connectivity index (χ1n) is 9.95. The van der Waals surface area contributed by atoms with Crippen LogP contribution in [0.15, 0.2) is 69.9 Å². The molecule has 0 fully saturated rings. The SMILES string of the molecule is Cc1cc2oc3c(c(=O)c2cc1Cl)[C@@H](c1cccc(O)c1)N(Cc1ccccc1Cl)C3=O. The zero-order valence-corrected chi connectivity index (χ0v) is 18.4. The Morgan fingerprint density at radius 1 is 1.00 bits per heavy atom. The molecule has 3 aromatic carbocycles. The molecule has 1 N–H and O–H groups in total. The summed E-state index contributed by atoms with van der Waals surface area (Å²) < 4.78 is 5.97. The summed E-state index contributed by atoms with van der Waals surface area (Å²) in [5.41, 5.74) is 2.26. The van der Waals surface area contributed by atoms with E-state index in [0.717, 1.165) is 11.1 Å². The number of amides is 1. The van der Waals surface area contributed by atoms with Crippen LogP contribution in [0, 0.1) is 6.92 Å². The minimum Gasteiger partial charge on any atom is -0.508 e. The number of halogens is 2. The average Bonchev–Trinajstić information content (AvgIpc) is 3.03. The topological polar surface area (TPSA) is 70.8 Å². The van der Waals surface area contributed by atoms with Gasteiger partial charge < -0.3 is 14.4 Å². The zero-order chi connectivity index (χ0) is 22.6. The second-order valence-electron chi connectivity index (χ2n) is 7.79. The molecular formula is C25H17Cl2NO4. The number of rotatable bonds is 3. The molecule has 1 aliphatic heterocycles. The van der Waals surface area contributed by atoms with Gasteiger partial charge in [0, 0.05) is 16.6 Å². The fourth-order valence-electron chi connectivity index (χ4n) is 4.16. The lowest BCUT2D eigenvalue weighted by Crippen LogP contribution is -2.29. The van der Waals surface area contributed by atoms with E-state index in [-0.39, 0.29) is 29.0 Å². The minimum absolute atomic E-state index is 0.00961. The number of hydrogen-bond donors (Lipinski definition) is 1. The number of hydrogen-bond acceptors (Lipinski definition) is 4. The maximum atomic E-state index is 13.6. The molecule has 5 nitrogen and oxygen atoms in total. The van der Waals surface area contributed by atoms with Crippen molar-refractivity contribution < 1.29 is 14.3 Å². The molecule has 4 aromatic rings. The summed E-state index contributed by atoms with van der Waals surface area (Å²) in [7, 11) is 0. The van der Waals surface area contributed by atoms with E-state index in [1.165, 1.54) is 6.07 Å². The third-order valence-electron chi connectivity index (χ3n) is 5.73. The van der Waals surface area contributed by atoms with Gasteiger partial charge in [0.05, 0.1) is 17.0 Å². The number of aryl methyl sites for hydroxylation is 1. The van der Waals surface area contributed by atoms with Gasteiger partial charge in [0.15, 0.2) is 5.43 Å². The third-order valence-corrected chi connectivity index (χ3v) is 6.51. The van der Waals surface area contributed by atoms with Gasteiger partial charge in [-0.2, -0.15) is 0 Å². The van der Waals surface area contributed by atoms with Crippen LogP contribution in [-0.2, 0) is 6.54 Å². The average molecular weight is 466 g/mol. The molecular weight excluding hydrogens is 449 g/mol. The summed E-state index contributed by atoms with van der Waals surface area (Å²) in [5.74, 6) is -0.394. The van der Waals surface area contributed by atoms with Gasteiger partial charge in [-0.25, -0.2) is 0 Å². The summed E-state index contributed by atoms with van der Waals surface area (Å²) in [4.78, 5) is 28.6. The molecule has 0 spiro atoms. The molecule has 7 heteroatoms. The Bertz CT molecular complexity index is 1460. The van der Waals surface area contributed by atoms with E-state index >= 15 is 0 Å². The molecule has 2 heterocycles. The van der Waals surface area contributed by atoms with E-state index in [4.69, 9.17) is 27.6 Å². The van der Waals surface area contributed by atoms with Gasteiger partial charge >= 0.3 is 0 Å². The van der Waals surface area contributed by atoms with Gasteiger partial charge in [-0.1, -0.05) is 53.5 Å². The van der Waals surface area contributed by atoms with Crippen LogP contribution in [0.25, 0.3) is 11.0 Å². The largest absolute Gasteiger partial charge is 0.508 e. The number of fused-ring (bicyclic) bond motifs is 2. The van der Waals surface area contributed by atoms with Crippen molar-refractivity contribution in [3.63, 3.8) is 0 Å². The van der Waals surface area contributed by atoms with Crippen molar-refractivity contribution in [1.29, 1.82) is 0 Å². The van der Waals surface area contributed by atoms with Gasteiger partial charge in [-0.05, 0) is 53.9 Å². The van der Waals surface area contributed by atoms with Crippen molar-refractivity contribution in [3.8, 4) is 5.75 Å². The van der Waals surface area contributed by atoms with Gasteiger partial charge in [-0.3, -0.25) is 9.59 Å². The lowest BCUT2D eigenvalue weighted by atomic mass is 9.98. The molecule has 0 saturated heterocycles. The van der Waals surface area contributed by atoms with Crippen molar-refractivity contribution in [2.24, 2.45) is 0 Å². The highest BCUT2D eigenvalue weighted by Crippen LogP contribution is 2.40. The van der Waals surface area contributed by atoms with Crippen molar-refractivity contribution in [1.82, 2.24) is 4.90 Å². The van der Waals surface area contributed by atoms with E-state index in [0.29, 0.717) is 26.6 Å². The normalized spacial score (nSPS) is 15.4. The van der Waals surface area contributed by atoms with Gasteiger partial charge in [0.2, 0.25) is 5.76 Å². The molecule has 0 saturated carbocycles. The van der Waals surface area contributed by atoms with E-state index in [1.807, 2.05) is 18.2 Å². The lowest BCUT2D eigenvalue weighted by molar-refractivity contribution is 0.0714. The molecule has 5 rings (SSSR count). The summed E-state index contributed by atoms with van der Waals surface area (Å²) in [5, 5.41) is 11.3. The van der Waals surface area contributed by atoms with Crippen LogP contribution >= 0.6 is 23.2 Å². The van der Waals surface area contributed by atoms with Crippen molar-refractivity contribution in [2.45, 2.75) is 19.5 Å². The minimum atomic E-state index is -0.749. The maximum absolute atomic E-state index is 13.6. The molecule has 0 unspecified atom stereocenters. The maximum Gasteiger partial charge on any atom is 0.291 e. The fourth-order valence-corrected chi connectivity index (χ4v) is 4.51. The number of carbonyl (C=O) groups is 1. The molecule has 1 amide bonds. The zero-order valence-electron chi connectivity index (χ0n) is 16.9.